The second-order valence-electron chi connectivity index (χ2n) is 5.39. The van der Waals surface area contributed by atoms with E-state index < -0.39 is 10.0 Å². The average Bonchev–Trinajstić information content (AvgIpc) is 3.10. The molecule has 104 valence electrons. The van der Waals surface area contributed by atoms with E-state index in [1.807, 2.05) is 19.1 Å². The van der Waals surface area contributed by atoms with Gasteiger partial charge in [0.05, 0.1) is 4.90 Å². The molecular weight excluding hydrogens is 260 g/mol. The van der Waals surface area contributed by atoms with Crippen LogP contribution in [0.1, 0.15) is 25.3 Å². The van der Waals surface area contributed by atoms with Gasteiger partial charge in [0.2, 0.25) is 10.0 Å². The van der Waals surface area contributed by atoms with Crippen LogP contribution in [0.5, 0.6) is 0 Å². The van der Waals surface area contributed by atoms with Gasteiger partial charge in [-0.1, -0.05) is 6.92 Å². The monoisotopic (exact) mass is 280 g/mol. The standard InChI is InChI=1S/C14H20N2O2S/c1-2-16(10-11-3-4-11)19(17,18)13-5-6-14-12(9-13)7-8-15-14/h5-6,9,11,15H,2-4,7-8,10H2,1H3. The summed E-state index contributed by atoms with van der Waals surface area (Å²) in [6, 6.07) is 5.45. The van der Waals surface area contributed by atoms with E-state index in [0.717, 1.165) is 24.2 Å². The van der Waals surface area contributed by atoms with Crippen LogP contribution in [-0.4, -0.2) is 32.4 Å². The van der Waals surface area contributed by atoms with Crippen molar-refractivity contribution in [3.8, 4) is 0 Å². The van der Waals surface area contributed by atoms with E-state index in [9.17, 15) is 8.42 Å². The summed E-state index contributed by atoms with van der Waals surface area (Å²) < 4.78 is 26.9. The number of anilines is 1. The molecule has 1 aliphatic heterocycles. The first-order valence-corrected chi connectivity index (χ1v) is 8.42. The summed E-state index contributed by atoms with van der Waals surface area (Å²) >= 11 is 0. The first kappa shape index (κ1) is 12.9. The third kappa shape index (κ3) is 2.49. The summed E-state index contributed by atoms with van der Waals surface area (Å²) in [5.41, 5.74) is 2.19. The van der Waals surface area contributed by atoms with Crippen molar-refractivity contribution in [3.05, 3.63) is 23.8 Å². The highest BCUT2D eigenvalue weighted by molar-refractivity contribution is 7.89. The second-order valence-corrected chi connectivity index (χ2v) is 7.33. The fourth-order valence-corrected chi connectivity index (χ4v) is 4.15. The van der Waals surface area contributed by atoms with Gasteiger partial charge in [-0.3, -0.25) is 0 Å². The zero-order chi connectivity index (χ0) is 13.5. The largest absolute Gasteiger partial charge is 0.384 e. The molecule has 1 aliphatic carbocycles. The maximum Gasteiger partial charge on any atom is 0.243 e. The third-order valence-corrected chi connectivity index (χ3v) is 5.87. The lowest BCUT2D eigenvalue weighted by atomic mass is 10.2. The number of sulfonamides is 1. The molecule has 0 unspecified atom stereocenters. The summed E-state index contributed by atoms with van der Waals surface area (Å²) in [6.07, 6.45) is 3.24. The van der Waals surface area contributed by atoms with Crippen molar-refractivity contribution in [1.82, 2.24) is 4.31 Å². The molecule has 1 fully saturated rings. The van der Waals surface area contributed by atoms with Crippen LogP contribution in [0.15, 0.2) is 23.1 Å². The Morgan fingerprint density at radius 1 is 1.37 bits per heavy atom. The highest BCUT2D eigenvalue weighted by atomic mass is 32.2. The molecule has 0 saturated heterocycles. The van der Waals surface area contributed by atoms with Gasteiger partial charge in [0, 0.05) is 25.3 Å². The summed E-state index contributed by atoms with van der Waals surface area (Å²) in [4.78, 5) is 0.442. The first-order chi connectivity index (χ1) is 9.11. The van der Waals surface area contributed by atoms with Gasteiger partial charge >= 0.3 is 0 Å². The van der Waals surface area contributed by atoms with Crippen molar-refractivity contribution >= 4 is 15.7 Å². The van der Waals surface area contributed by atoms with Crippen molar-refractivity contribution in [2.75, 3.05) is 25.0 Å². The van der Waals surface area contributed by atoms with Crippen LogP contribution >= 0.6 is 0 Å². The van der Waals surface area contributed by atoms with Gasteiger partial charge in [-0.15, -0.1) is 0 Å². The minimum absolute atomic E-state index is 0.442. The lowest BCUT2D eigenvalue weighted by Crippen LogP contribution is -2.32. The number of nitrogens with one attached hydrogen (secondary N) is 1. The molecule has 0 radical (unpaired) electrons. The molecule has 0 bridgehead atoms. The molecule has 0 amide bonds. The van der Waals surface area contributed by atoms with Crippen LogP contribution in [0.25, 0.3) is 0 Å². The molecule has 0 aromatic heterocycles. The zero-order valence-corrected chi connectivity index (χ0v) is 12.0. The Hall–Kier alpha value is -1.07. The molecule has 1 saturated carbocycles. The van der Waals surface area contributed by atoms with Gasteiger partial charge in [-0.05, 0) is 48.9 Å². The maximum absolute atomic E-state index is 12.6. The van der Waals surface area contributed by atoms with E-state index in [0.29, 0.717) is 23.9 Å². The number of rotatable bonds is 5. The molecular formula is C14H20N2O2S. The van der Waals surface area contributed by atoms with Crippen molar-refractivity contribution in [3.63, 3.8) is 0 Å². The lowest BCUT2D eigenvalue weighted by Gasteiger charge is -2.20. The van der Waals surface area contributed by atoms with Crippen molar-refractivity contribution in [2.45, 2.75) is 31.1 Å². The van der Waals surface area contributed by atoms with Gasteiger partial charge < -0.3 is 5.32 Å². The Morgan fingerprint density at radius 2 is 2.16 bits per heavy atom. The predicted octanol–water partition coefficient (Wildman–Crippen LogP) is 2.08. The second kappa shape index (κ2) is 4.80. The quantitative estimate of drug-likeness (QED) is 0.898. The van der Waals surface area contributed by atoms with Crippen molar-refractivity contribution in [1.29, 1.82) is 0 Å². The van der Waals surface area contributed by atoms with Crippen LogP contribution in [0.4, 0.5) is 5.69 Å². The van der Waals surface area contributed by atoms with E-state index in [1.165, 1.54) is 12.8 Å². The van der Waals surface area contributed by atoms with Gasteiger partial charge in [-0.2, -0.15) is 4.31 Å². The van der Waals surface area contributed by atoms with E-state index >= 15 is 0 Å². The molecule has 5 heteroatoms. The SMILES string of the molecule is CCN(CC1CC1)S(=O)(=O)c1ccc2c(c1)CCN2. The maximum atomic E-state index is 12.6. The fraction of sp³-hybridized carbons (Fsp3) is 0.571. The third-order valence-electron chi connectivity index (χ3n) is 3.94. The Kier molecular flexibility index (Phi) is 3.27. The molecule has 0 spiro atoms. The van der Waals surface area contributed by atoms with Crippen molar-refractivity contribution in [2.24, 2.45) is 5.92 Å². The number of fused-ring (bicyclic) bond motifs is 1. The molecule has 1 aromatic rings. The molecule has 4 nitrogen and oxygen atoms in total. The highest BCUT2D eigenvalue weighted by Crippen LogP contribution is 2.32. The summed E-state index contributed by atoms with van der Waals surface area (Å²) in [5.74, 6) is 0.575. The van der Waals surface area contributed by atoms with E-state index in [1.54, 1.807) is 10.4 Å². The van der Waals surface area contributed by atoms with Crippen LogP contribution in [0.2, 0.25) is 0 Å². The van der Waals surface area contributed by atoms with E-state index in [2.05, 4.69) is 5.32 Å². The minimum atomic E-state index is -3.32. The minimum Gasteiger partial charge on any atom is -0.384 e. The number of hydrogen-bond acceptors (Lipinski definition) is 3. The van der Waals surface area contributed by atoms with Gasteiger partial charge in [0.1, 0.15) is 0 Å². The topological polar surface area (TPSA) is 49.4 Å². The molecule has 1 heterocycles. The Labute approximate surface area is 114 Å². The van der Waals surface area contributed by atoms with E-state index in [4.69, 9.17) is 0 Å². The smallest absolute Gasteiger partial charge is 0.243 e. The zero-order valence-electron chi connectivity index (χ0n) is 11.2. The van der Waals surface area contributed by atoms with E-state index in [-0.39, 0.29) is 0 Å². The Balaban J connectivity index is 1.89. The number of nitrogens with zero attached hydrogens (tertiary/aromatic N) is 1. The van der Waals surface area contributed by atoms with Gasteiger partial charge in [0.25, 0.3) is 0 Å². The molecule has 1 aromatic carbocycles. The molecule has 0 atom stereocenters. The van der Waals surface area contributed by atoms with Crippen LogP contribution in [-0.2, 0) is 16.4 Å². The summed E-state index contributed by atoms with van der Waals surface area (Å²) in [7, 11) is -3.32. The predicted molar refractivity (Wildman–Crippen MR) is 75.8 cm³/mol. The fourth-order valence-electron chi connectivity index (χ4n) is 2.58. The average molecular weight is 280 g/mol. The van der Waals surface area contributed by atoms with Crippen molar-refractivity contribution < 1.29 is 8.42 Å². The normalized spacial score (nSPS) is 18.4. The van der Waals surface area contributed by atoms with Gasteiger partial charge in [-0.25, -0.2) is 8.42 Å². The summed E-state index contributed by atoms with van der Waals surface area (Å²) in [6.45, 7) is 4.04. The van der Waals surface area contributed by atoms with Crippen LogP contribution < -0.4 is 5.32 Å². The molecule has 3 rings (SSSR count). The molecule has 2 aliphatic rings. The number of benzene rings is 1. The molecule has 1 N–H and O–H groups in total. The van der Waals surface area contributed by atoms with Crippen LogP contribution in [0.3, 0.4) is 0 Å². The first-order valence-electron chi connectivity index (χ1n) is 6.98. The van der Waals surface area contributed by atoms with Crippen LogP contribution in [0, 0.1) is 5.92 Å². The van der Waals surface area contributed by atoms with Gasteiger partial charge in [0.15, 0.2) is 0 Å². The highest BCUT2D eigenvalue weighted by Gasteiger charge is 2.31. The Bertz CT molecular complexity index is 579. The molecule has 19 heavy (non-hydrogen) atoms. The number of hydrogen-bond donors (Lipinski definition) is 1. The Morgan fingerprint density at radius 3 is 2.84 bits per heavy atom. The summed E-state index contributed by atoms with van der Waals surface area (Å²) in [5, 5.41) is 3.26. The lowest BCUT2D eigenvalue weighted by molar-refractivity contribution is 0.412.